The van der Waals surface area contributed by atoms with Crippen LogP contribution in [0.15, 0.2) is 30.3 Å². The molecule has 1 saturated heterocycles. The number of ether oxygens (including phenoxy) is 2. The lowest BCUT2D eigenvalue weighted by Gasteiger charge is -2.40. The molecule has 0 bridgehead atoms. The van der Waals surface area contributed by atoms with Gasteiger partial charge in [0.2, 0.25) is 5.78 Å². The number of rotatable bonds is 0. The van der Waals surface area contributed by atoms with Crippen LogP contribution in [0.2, 0.25) is 5.02 Å². The molecule has 4 heteroatoms. The Labute approximate surface area is 127 Å². The first kappa shape index (κ1) is 13.3. The largest absolute Gasteiger partial charge is 0.339 e. The molecule has 108 valence electrons. The summed E-state index contributed by atoms with van der Waals surface area (Å²) in [5.74, 6) is -1.41. The summed E-state index contributed by atoms with van der Waals surface area (Å²) < 4.78 is 11.9. The molecular formula is C17H15ClO3. The first-order valence-corrected chi connectivity index (χ1v) is 7.37. The van der Waals surface area contributed by atoms with Gasteiger partial charge >= 0.3 is 0 Å². The highest BCUT2D eigenvalue weighted by atomic mass is 35.5. The Balaban J connectivity index is 1.96. The van der Waals surface area contributed by atoms with E-state index in [0.717, 1.165) is 16.3 Å². The topological polar surface area (TPSA) is 35.5 Å². The number of hydrogen-bond donors (Lipinski definition) is 0. The average Bonchev–Trinajstić information content (AvgIpc) is 2.70. The molecule has 1 heterocycles. The number of carbonyl (C=O) groups is 1. The number of fused-ring (bicyclic) bond motifs is 1. The van der Waals surface area contributed by atoms with E-state index in [1.165, 1.54) is 0 Å². The third-order valence-corrected chi connectivity index (χ3v) is 4.55. The van der Waals surface area contributed by atoms with Gasteiger partial charge in [-0.1, -0.05) is 49.7 Å². The maximum absolute atomic E-state index is 12.9. The Kier molecular flexibility index (Phi) is 2.57. The van der Waals surface area contributed by atoms with Gasteiger partial charge in [-0.25, -0.2) is 0 Å². The second kappa shape index (κ2) is 4.07. The van der Waals surface area contributed by atoms with Gasteiger partial charge in [0.25, 0.3) is 5.79 Å². The number of halogens is 1. The Morgan fingerprint density at radius 2 is 1.81 bits per heavy atom. The summed E-state index contributed by atoms with van der Waals surface area (Å²) in [5.41, 5.74) is 1.31. The van der Waals surface area contributed by atoms with E-state index < -0.39 is 5.79 Å². The maximum atomic E-state index is 12.9. The molecule has 0 N–H and O–H groups in total. The molecule has 0 aromatic heterocycles. The molecule has 0 radical (unpaired) electrons. The molecule has 0 unspecified atom stereocenters. The van der Waals surface area contributed by atoms with Gasteiger partial charge < -0.3 is 9.47 Å². The van der Waals surface area contributed by atoms with Gasteiger partial charge in [-0.3, -0.25) is 4.79 Å². The molecule has 0 saturated carbocycles. The SMILES string of the molecule is CC1(C)COC2(OC1)C(=O)c1cccc3c(Cl)ccc2c13. The van der Waals surface area contributed by atoms with Crippen LogP contribution in [0.1, 0.15) is 29.8 Å². The quantitative estimate of drug-likeness (QED) is 0.740. The van der Waals surface area contributed by atoms with Crippen LogP contribution >= 0.6 is 11.6 Å². The zero-order valence-corrected chi connectivity index (χ0v) is 12.7. The first-order valence-electron chi connectivity index (χ1n) is 6.99. The van der Waals surface area contributed by atoms with Crippen LogP contribution in [0.3, 0.4) is 0 Å². The zero-order valence-electron chi connectivity index (χ0n) is 11.9. The standard InChI is InChI=1S/C17H15ClO3/c1-16(2)8-20-17(21-9-16)12-6-7-13(18)10-4-3-5-11(14(10)12)15(17)19/h3-7H,8-9H2,1-2H3. The monoisotopic (exact) mass is 302 g/mol. The fourth-order valence-corrected chi connectivity index (χ4v) is 3.32. The number of Topliss-reactive ketones (excluding diaryl/α,β-unsaturated/α-hetero) is 1. The molecule has 2 aromatic rings. The lowest BCUT2D eigenvalue weighted by molar-refractivity contribution is -0.273. The highest BCUT2D eigenvalue weighted by Gasteiger charge is 2.53. The molecule has 0 amide bonds. The molecule has 0 atom stereocenters. The predicted octanol–water partition coefficient (Wildman–Crippen LogP) is 3.92. The van der Waals surface area contributed by atoms with Crippen molar-refractivity contribution in [2.75, 3.05) is 13.2 Å². The maximum Gasteiger partial charge on any atom is 0.261 e. The number of ketones is 1. The van der Waals surface area contributed by atoms with Crippen molar-refractivity contribution in [3.8, 4) is 0 Å². The summed E-state index contributed by atoms with van der Waals surface area (Å²) in [4.78, 5) is 12.9. The molecule has 1 spiro atoms. The van der Waals surface area contributed by atoms with Crippen molar-refractivity contribution in [2.24, 2.45) is 5.41 Å². The van der Waals surface area contributed by atoms with Crippen molar-refractivity contribution in [3.05, 3.63) is 46.5 Å². The van der Waals surface area contributed by atoms with Crippen LogP contribution in [0.25, 0.3) is 10.8 Å². The van der Waals surface area contributed by atoms with Crippen molar-refractivity contribution in [1.29, 1.82) is 0 Å². The predicted molar refractivity (Wildman–Crippen MR) is 80.7 cm³/mol. The minimum absolute atomic E-state index is 0.0914. The van der Waals surface area contributed by atoms with Crippen LogP contribution in [-0.4, -0.2) is 19.0 Å². The summed E-state index contributed by atoms with van der Waals surface area (Å²) in [6, 6.07) is 9.22. The van der Waals surface area contributed by atoms with Gasteiger partial charge in [0, 0.05) is 32.3 Å². The molecular weight excluding hydrogens is 288 g/mol. The van der Waals surface area contributed by atoms with Crippen LogP contribution in [0, 0.1) is 5.41 Å². The second-order valence-electron chi connectivity index (χ2n) is 6.51. The molecule has 2 aromatic carbocycles. The van der Waals surface area contributed by atoms with Crippen molar-refractivity contribution < 1.29 is 14.3 Å². The zero-order chi connectivity index (χ0) is 14.8. The molecule has 1 aliphatic carbocycles. The van der Waals surface area contributed by atoms with Gasteiger partial charge in [-0.2, -0.15) is 0 Å². The molecule has 2 aliphatic rings. The third-order valence-electron chi connectivity index (χ3n) is 4.22. The lowest BCUT2D eigenvalue weighted by atomic mass is 9.93. The summed E-state index contributed by atoms with van der Waals surface area (Å²) in [7, 11) is 0. The summed E-state index contributed by atoms with van der Waals surface area (Å²) in [6.07, 6.45) is 0. The molecule has 1 aliphatic heterocycles. The van der Waals surface area contributed by atoms with Crippen molar-refractivity contribution >= 4 is 28.2 Å². The van der Waals surface area contributed by atoms with Gasteiger partial charge in [0.15, 0.2) is 0 Å². The van der Waals surface area contributed by atoms with Crippen LogP contribution in [0.5, 0.6) is 0 Å². The Bertz CT molecular complexity index is 769. The van der Waals surface area contributed by atoms with Gasteiger partial charge in [-0.05, 0) is 6.07 Å². The van der Waals surface area contributed by atoms with Crippen molar-refractivity contribution in [2.45, 2.75) is 19.6 Å². The fourth-order valence-electron chi connectivity index (χ4n) is 3.10. The van der Waals surface area contributed by atoms with Crippen LogP contribution < -0.4 is 0 Å². The minimum atomic E-state index is -1.29. The number of carbonyl (C=O) groups excluding carboxylic acids is 1. The van der Waals surface area contributed by atoms with E-state index in [2.05, 4.69) is 13.8 Å². The van der Waals surface area contributed by atoms with E-state index in [4.69, 9.17) is 21.1 Å². The molecule has 3 nitrogen and oxygen atoms in total. The number of benzene rings is 2. The summed E-state index contributed by atoms with van der Waals surface area (Å²) >= 11 is 6.26. The van der Waals surface area contributed by atoms with E-state index in [1.807, 2.05) is 24.3 Å². The minimum Gasteiger partial charge on any atom is -0.339 e. The Morgan fingerprint density at radius 1 is 1.10 bits per heavy atom. The normalized spacial score (nSPS) is 22.1. The van der Waals surface area contributed by atoms with Gasteiger partial charge in [0.1, 0.15) is 0 Å². The number of hydrogen-bond acceptors (Lipinski definition) is 3. The average molecular weight is 303 g/mol. The lowest BCUT2D eigenvalue weighted by Crippen LogP contribution is -2.48. The highest BCUT2D eigenvalue weighted by molar-refractivity contribution is 6.37. The fraction of sp³-hybridized carbons (Fsp3) is 0.353. The second-order valence-corrected chi connectivity index (χ2v) is 6.92. The molecule has 21 heavy (non-hydrogen) atoms. The van der Waals surface area contributed by atoms with Crippen LogP contribution in [0.4, 0.5) is 0 Å². The van der Waals surface area contributed by atoms with E-state index in [-0.39, 0.29) is 11.2 Å². The van der Waals surface area contributed by atoms with E-state index in [1.54, 1.807) is 6.07 Å². The molecule has 4 rings (SSSR count). The smallest absolute Gasteiger partial charge is 0.261 e. The van der Waals surface area contributed by atoms with Crippen molar-refractivity contribution in [1.82, 2.24) is 0 Å². The highest BCUT2D eigenvalue weighted by Crippen LogP contribution is 2.48. The van der Waals surface area contributed by atoms with E-state index in [0.29, 0.717) is 23.8 Å². The third kappa shape index (κ3) is 1.65. The van der Waals surface area contributed by atoms with Gasteiger partial charge in [-0.15, -0.1) is 0 Å². The van der Waals surface area contributed by atoms with E-state index >= 15 is 0 Å². The molecule has 1 fully saturated rings. The Morgan fingerprint density at radius 3 is 2.52 bits per heavy atom. The van der Waals surface area contributed by atoms with Gasteiger partial charge in [0.05, 0.1) is 13.2 Å². The summed E-state index contributed by atoms with van der Waals surface area (Å²) in [5, 5.41) is 2.36. The summed E-state index contributed by atoms with van der Waals surface area (Å²) in [6.45, 7) is 5.08. The van der Waals surface area contributed by atoms with E-state index in [9.17, 15) is 4.79 Å². The Hall–Kier alpha value is -1.42. The first-order chi connectivity index (χ1) is 9.95. The van der Waals surface area contributed by atoms with Crippen molar-refractivity contribution in [3.63, 3.8) is 0 Å². The van der Waals surface area contributed by atoms with Crippen LogP contribution in [-0.2, 0) is 15.3 Å².